The Bertz CT molecular complexity index is 797. The summed E-state index contributed by atoms with van der Waals surface area (Å²) >= 11 is 6.20. The fourth-order valence-corrected chi connectivity index (χ4v) is 3.10. The Hall–Kier alpha value is -2.54. The van der Waals surface area contributed by atoms with Crippen LogP contribution in [0.25, 0.3) is 6.08 Å². The lowest BCUT2D eigenvalue weighted by molar-refractivity contribution is 0.207. The van der Waals surface area contributed by atoms with Gasteiger partial charge < -0.3 is 14.2 Å². The van der Waals surface area contributed by atoms with Crippen molar-refractivity contribution < 1.29 is 9.21 Å². The standard InChI is InChI=1S/C18H22ClN5O2/c1-3-6-14-15(4-2)26-17(21-14)22-18(25)24-11-9-23(10-12-24)16-13(19)7-5-8-20-16/h3,5-8H,4,9-12H2,1-2H3,(H,21,22,25)/b6-3-. The number of hydrogen-bond donors (Lipinski definition) is 1. The van der Waals surface area contributed by atoms with Gasteiger partial charge in [0, 0.05) is 38.8 Å². The van der Waals surface area contributed by atoms with Gasteiger partial charge in [-0.1, -0.05) is 24.6 Å². The maximum atomic E-state index is 12.5. The van der Waals surface area contributed by atoms with E-state index in [0.29, 0.717) is 37.6 Å². The number of rotatable bonds is 4. The van der Waals surface area contributed by atoms with Gasteiger partial charge in [0.05, 0.1) is 5.02 Å². The van der Waals surface area contributed by atoms with Crippen molar-refractivity contribution in [2.75, 3.05) is 36.4 Å². The Morgan fingerprint density at radius 1 is 1.38 bits per heavy atom. The number of halogens is 1. The van der Waals surface area contributed by atoms with Crippen molar-refractivity contribution in [2.24, 2.45) is 0 Å². The molecule has 1 N–H and O–H groups in total. The zero-order chi connectivity index (χ0) is 18.5. The lowest BCUT2D eigenvalue weighted by Crippen LogP contribution is -2.50. The Labute approximate surface area is 157 Å². The van der Waals surface area contributed by atoms with Gasteiger partial charge in [-0.3, -0.25) is 5.32 Å². The number of nitrogens with one attached hydrogen (secondary N) is 1. The van der Waals surface area contributed by atoms with Crippen LogP contribution in [0, 0.1) is 0 Å². The lowest BCUT2D eigenvalue weighted by Gasteiger charge is -2.35. The molecule has 2 amide bonds. The maximum absolute atomic E-state index is 12.5. The number of amides is 2. The summed E-state index contributed by atoms with van der Waals surface area (Å²) in [5, 5.41) is 3.37. The summed E-state index contributed by atoms with van der Waals surface area (Å²) in [6.45, 7) is 6.38. The molecule has 2 aromatic heterocycles. The lowest BCUT2D eigenvalue weighted by atomic mass is 10.3. The summed E-state index contributed by atoms with van der Waals surface area (Å²) in [5.74, 6) is 1.51. The van der Waals surface area contributed by atoms with Crippen LogP contribution >= 0.6 is 11.6 Å². The second-order valence-corrected chi connectivity index (χ2v) is 6.30. The van der Waals surface area contributed by atoms with E-state index < -0.39 is 0 Å². The second-order valence-electron chi connectivity index (χ2n) is 5.89. The van der Waals surface area contributed by atoms with Crippen LogP contribution in [-0.4, -0.2) is 47.1 Å². The number of nitrogens with zero attached hydrogens (tertiary/aromatic N) is 4. The van der Waals surface area contributed by atoms with Gasteiger partial charge in [-0.05, 0) is 25.1 Å². The van der Waals surface area contributed by atoms with E-state index in [1.807, 2.05) is 32.1 Å². The average Bonchev–Trinajstić information content (AvgIpc) is 3.04. The monoisotopic (exact) mass is 375 g/mol. The van der Waals surface area contributed by atoms with Crippen LogP contribution in [0.15, 0.2) is 28.8 Å². The minimum Gasteiger partial charge on any atom is -0.428 e. The molecule has 138 valence electrons. The zero-order valence-corrected chi connectivity index (χ0v) is 15.7. The van der Waals surface area contributed by atoms with Crippen molar-refractivity contribution in [1.82, 2.24) is 14.9 Å². The van der Waals surface area contributed by atoms with Crippen molar-refractivity contribution in [3.05, 3.63) is 40.9 Å². The van der Waals surface area contributed by atoms with E-state index in [2.05, 4.69) is 20.2 Å². The third kappa shape index (κ3) is 3.99. The van der Waals surface area contributed by atoms with E-state index in [9.17, 15) is 4.79 Å². The van der Waals surface area contributed by atoms with Gasteiger partial charge in [0.15, 0.2) is 0 Å². The first-order valence-corrected chi connectivity index (χ1v) is 9.04. The highest BCUT2D eigenvalue weighted by Crippen LogP contribution is 2.23. The Kier molecular flexibility index (Phi) is 5.78. The minimum absolute atomic E-state index is 0.215. The summed E-state index contributed by atoms with van der Waals surface area (Å²) in [5.41, 5.74) is 0.750. The molecule has 1 saturated heterocycles. The fourth-order valence-electron chi connectivity index (χ4n) is 2.86. The summed E-state index contributed by atoms with van der Waals surface area (Å²) < 4.78 is 5.63. The van der Waals surface area contributed by atoms with E-state index >= 15 is 0 Å². The number of carbonyl (C=O) groups is 1. The number of allylic oxidation sites excluding steroid dienone is 1. The van der Waals surface area contributed by atoms with Crippen LogP contribution in [-0.2, 0) is 6.42 Å². The zero-order valence-electron chi connectivity index (χ0n) is 14.9. The molecule has 3 heterocycles. The molecule has 1 aliphatic heterocycles. The maximum Gasteiger partial charge on any atom is 0.325 e. The highest BCUT2D eigenvalue weighted by molar-refractivity contribution is 6.32. The van der Waals surface area contributed by atoms with Crippen molar-refractivity contribution in [2.45, 2.75) is 20.3 Å². The molecule has 26 heavy (non-hydrogen) atoms. The van der Waals surface area contributed by atoms with Crippen molar-refractivity contribution in [1.29, 1.82) is 0 Å². The molecule has 7 nitrogen and oxygen atoms in total. The van der Waals surface area contributed by atoms with E-state index in [1.54, 1.807) is 17.2 Å². The van der Waals surface area contributed by atoms with Gasteiger partial charge in [0.2, 0.25) is 0 Å². The van der Waals surface area contributed by atoms with Gasteiger partial charge in [0.25, 0.3) is 0 Å². The molecule has 0 aromatic carbocycles. The smallest absolute Gasteiger partial charge is 0.325 e. The summed E-state index contributed by atoms with van der Waals surface area (Å²) in [6.07, 6.45) is 6.19. The SMILES string of the molecule is C/C=C\c1nc(NC(=O)N2CCN(c3ncccc3Cl)CC2)oc1CC. The first-order valence-electron chi connectivity index (χ1n) is 8.66. The van der Waals surface area contributed by atoms with Gasteiger partial charge in [0.1, 0.15) is 17.3 Å². The number of pyridine rings is 1. The molecule has 0 unspecified atom stereocenters. The molecule has 8 heteroatoms. The molecule has 0 atom stereocenters. The predicted molar refractivity (Wildman–Crippen MR) is 103 cm³/mol. The van der Waals surface area contributed by atoms with Crippen molar-refractivity contribution in [3.63, 3.8) is 0 Å². The molecule has 0 aliphatic carbocycles. The molecule has 0 spiro atoms. The normalized spacial score (nSPS) is 14.9. The Morgan fingerprint density at radius 3 is 2.81 bits per heavy atom. The largest absolute Gasteiger partial charge is 0.428 e. The third-order valence-corrected chi connectivity index (χ3v) is 4.49. The molecular weight excluding hydrogens is 354 g/mol. The molecule has 3 rings (SSSR count). The number of aromatic nitrogens is 2. The third-order valence-electron chi connectivity index (χ3n) is 4.19. The minimum atomic E-state index is -0.215. The molecule has 1 aliphatic rings. The number of hydrogen-bond acceptors (Lipinski definition) is 5. The Morgan fingerprint density at radius 2 is 2.15 bits per heavy atom. The van der Waals surface area contributed by atoms with Crippen LogP contribution in [0.4, 0.5) is 16.6 Å². The van der Waals surface area contributed by atoms with Crippen LogP contribution in [0.1, 0.15) is 25.3 Å². The summed E-state index contributed by atoms with van der Waals surface area (Å²) in [7, 11) is 0. The van der Waals surface area contributed by atoms with E-state index in [-0.39, 0.29) is 12.0 Å². The van der Waals surface area contributed by atoms with E-state index in [0.717, 1.165) is 17.3 Å². The molecule has 0 radical (unpaired) electrons. The van der Waals surface area contributed by atoms with Crippen molar-refractivity contribution >= 4 is 35.5 Å². The van der Waals surface area contributed by atoms with Crippen LogP contribution in [0.5, 0.6) is 0 Å². The Balaban J connectivity index is 1.60. The molecule has 2 aromatic rings. The number of aryl methyl sites for hydroxylation is 1. The molecular formula is C18H22ClN5O2. The highest BCUT2D eigenvalue weighted by atomic mass is 35.5. The predicted octanol–water partition coefficient (Wildman–Crippen LogP) is 3.67. The first-order chi connectivity index (χ1) is 12.6. The van der Waals surface area contributed by atoms with Gasteiger partial charge >= 0.3 is 12.0 Å². The van der Waals surface area contributed by atoms with Crippen LogP contribution in [0.2, 0.25) is 5.02 Å². The topological polar surface area (TPSA) is 74.5 Å². The van der Waals surface area contributed by atoms with Gasteiger partial charge in [-0.15, -0.1) is 0 Å². The van der Waals surface area contributed by atoms with E-state index in [4.69, 9.17) is 16.0 Å². The quantitative estimate of drug-likeness (QED) is 0.882. The van der Waals surface area contributed by atoms with Gasteiger partial charge in [-0.2, -0.15) is 4.98 Å². The van der Waals surface area contributed by atoms with Gasteiger partial charge in [-0.25, -0.2) is 9.78 Å². The number of oxazole rings is 1. The summed E-state index contributed by atoms with van der Waals surface area (Å²) in [4.78, 5) is 24.9. The molecule has 0 bridgehead atoms. The second kappa shape index (κ2) is 8.23. The first kappa shape index (κ1) is 18.3. The van der Waals surface area contributed by atoms with Crippen molar-refractivity contribution in [3.8, 4) is 0 Å². The number of anilines is 2. The fraction of sp³-hybridized carbons (Fsp3) is 0.389. The summed E-state index contributed by atoms with van der Waals surface area (Å²) in [6, 6.07) is 3.64. The number of urea groups is 1. The number of piperazine rings is 1. The molecule has 1 fully saturated rings. The van der Waals surface area contributed by atoms with E-state index in [1.165, 1.54) is 0 Å². The average molecular weight is 376 g/mol. The van der Waals surface area contributed by atoms with Crippen LogP contribution in [0.3, 0.4) is 0 Å². The molecule has 0 saturated carbocycles. The number of carbonyl (C=O) groups excluding carboxylic acids is 1. The highest BCUT2D eigenvalue weighted by Gasteiger charge is 2.24. The van der Waals surface area contributed by atoms with Crippen LogP contribution < -0.4 is 10.2 Å².